The Kier molecular flexibility index (Phi) is 38.5. The third-order valence-electron chi connectivity index (χ3n) is 1.60. The zero-order valence-electron chi connectivity index (χ0n) is 24.2. The first-order chi connectivity index (χ1) is 21.7. The molecule has 0 aromatic carbocycles. The number of phosphoric acid groups is 12. The van der Waals surface area contributed by atoms with Crippen LogP contribution in [-0.4, -0.2) is 0 Å². The SMILES string of the molecule is O=P([O-])([O-])OP(=O)([O-])OP(=O)([O-])[O-].O=P([O-])([O-])OP(=O)([O-])OP(=O)([O-])[O-].O=P([O-])([O-])OP(=O)([O-])OP(=O)([O-])[O-].O=P([O-])([O-])OP(=O)([O-])OP(=O)([O-])[O-].[C+4].[C+4].[C+4].[C+4].[C+4]. The third-order valence-corrected chi connectivity index (χ3v) is 14.4. The molecule has 0 radical (unpaired) electrons. The largest absolute Gasteiger partial charge is 4.00 e. The minimum absolute atomic E-state index is 0. The van der Waals surface area contributed by atoms with Gasteiger partial charge in [0.05, 0.1) is 62.6 Å². The molecule has 0 spiro atoms. The van der Waals surface area contributed by atoms with Crippen LogP contribution in [0.2, 0.25) is 0 Å². The summed E-state index contributed by atoms with van der Waals surface area (Å²) in [6.07, 6.45) is 0. The van der Waals surface area contributed by atoms with Crippen LogP contribution in [-0.2, 0) is 89.3 Å². The van der Waals surface area contributed by atoms with Gasteiger partial charge in [0.25, 0.3) is 31.3 Å². The van der Waals surface area contributed by atoms with Crippen LogP contribution < -0.4 is 97.9 Å². The fourth-order valence-electron chi connectivity index (χ4n) is 1.04. The van der Waals surface area contributed by atoms with Crippen molar-refractivity contribution in [1.82, 2.24) is 0 Å². The zero-order chi connectivity index (χ0) is 43.7. The first kappa shape index (κ1) is 79.1. The average molecular weight is 1070 g/mol. The Hall–Kier alpha value is 1.64. The molecule has 0 aliphatic carbocycles. The molecule has 52 heteroatoms. The molecular weight excluding hydrogens is 1070 g/mol. The molecule has 57 heavy (non-hydrogen) atoms. The topological polar surface area (TPSA) is 740 Å². The summed E-state index contributed by atoms with van der Waals surface area (Å²) in [6.45, 7) is 0. The summed E-state index contributed by atoms with van der Waals surface area (Å²) in [5, 5.41) is 0. The number of hydrogen-bond acceptors (Lipinski definition) is 40. The van der Waals surface area contributed by atoms with E-state index in [1.165, 1.54) is 0 Å². The standard InChI is InChI=1S/5C.4H5O10P3/c;;;;;4*1-11(2,3)9-13(7,8)10-12(4,5)6/h;;;;;4*(H,7,8)(H2,1,2,3)(H2,4,5,6)/q5*+4;;;;/p-20. The van der Waals surface area contributed by atoms with Gasteiger partial charge < -0.3 is 134 Å². The summed E-state index contributed by atoms with van der Waals surface area (Å²) in [5.74, 6) is 0. The van der Waals surface area contributed by atoms with Crippen LogP contribution in [0.25, 0.3) is 0 Å². The Balaban J connectivity index is -0.0000000748. The molecule has 0 N–H and O–H groups in total. The van der Waals surface area contributed by atoms with Crippen molar-refractivity contribution in [3.05, 3.63) is 37.1 Å². The maximum atomic E-state index is 10.1. The van der Waals surface area contributed by atoms with Crippen molar-refractivity contribution in [3.63, 3.8) is 0 Å². The van der Waals surface area contributed by atoms with E-state index < -0.39 is 93.9 Å². The molecule has 0 fully saturated rings. The Morgan fingerprint density at radius 2 is 0.228 bits per heavy atom. The Morgan fingerprint density at radius 3 is 0.263 bits per heavy atom. The van der Waals surface area contributed by atoms with Gasteiger partial charge in [-0.15, -0.1) is 0 Å². The van der Waals surface area contributed by atoms with Gasteiger partial charge in [-0.25, -0.2) is 0 Å². The van der Waals surface area contributed by atoms with Crippen molar-refractivity contribution in [2.75, 3.05) is 0 Å². The molecule has 0 saturated carbocycles. The molecule has 0 bridgehead atoms. The van der Waals surface area contributed by atoms with Crippen LogP contribution in [0.5, 0.6) is 0 Å². The van der Waals surface area contributed by atoms with Gasteiger partial charge in [-0.2, -0.15) is 0 Å². The first-order valence-corrected chi connectivity index (χ1v) is 26.3. The van der Waals surface area contributed by atoms with Gasteiger partial charge in [0.2, 0.25) is 0 Å². The van der Waals surface area contributed by atoms with Crippen LogP contribution in [0.15, 0.2) is 0 Å². The number of rotatable bonds is 16. The van der Waals surface area contributed by atoms with Crippen molar-refractivity contribution in [1.29, 1.82) is 0 Å². The van der Waals surface area contributed by atoms with Crippen molar-refractivity contribution >= 4 is 93.9 Å². The van der Waals surface area contributed by atoms with Gasteiger partial charge in [0, 0.05) is 0 Å². The Labute approximate surface area is 318 Å². The second kappa shape index (κ2) is 27.7. The van der Waals surface area contributed by atoms with Gasteiger partial charge in [-0.3, -0.25) is 52.7 Å². The van der Waals surface area contributed by atoms with Gasteiger partial charge in [0.15, 0.2) is 0 Å². The molecular formula is C5O40P12. The van der Waals surface area contributed by atoms with E-state index in [1.807, 2.05) is 0 Å². The van der Waals surface area contributed by atoms with Crippen LogP contribution >= 0.6 is 93.9 Å². The van der Waals surface area contributed by atoms with Crippen LogP contribution in [0, 0.1) is 37.1 Å². The van der Waals surface area contributed by atoms with Gasteiger partial charge in [-0.05, 0) is 0 Å². The van der Waals surface area contributed by atoms with Crippen molar-refractivity contribution < 1.29 is 187 Å². The molecule has 320 valence electrons. The normalized spacial score (nSPS) is 13.3. The maximum absolute atomic E-state index is 10.1. The summed E-state index contributed by atoms with van der Waals surface area (Å²) < 4.78 is 139. The minimum atomic E-state index is -5.97. The van der Waals surface area contributed by atoms with Gasteiger partial charge in [-0.1, -0.05) is 0 Å². The van der Waals surface area contributed by atoms with E-state index in [0.29, 0.717) is 0 Å². The number of hydrogen-bond donors (Lipinski definition) is 0. The second-order valence-corrected chi connectivity index (χ2v) is 22.0. The van der Waals surface area contributed by atoms with Crippen molar-refractivity contribution in [2.45, 2.75) is 0 Å². The Bertz CT molecular complexity index is 1370. The monoisotopic (exact) mass is 1070 g/mol. The summed E-state index contributed by atoms with van der Waals surface area (Å²) in [5.41, 5.74) is 0. The first-order valence-electron chi connectivity index (χ1n) is 8.76. The molecule has 0 atom stereocenters. The summed E-state index contributed by atoms with van der Waals surface area (Å²) in [6, 6.07) is 0. The minimum Gasteiger partial charge on any atom is -0.790 e. The van der Waals surface area contributed by atoms with Crippen molar-refractivity contribution in [2.24, 2.45) is 0 Å². The molecule has 0 aromatic rings. The predicted octanol–water partition coefficient (Wildman–Crippen LogP) is -15.0. The van der Waals surface area contributed by atoms with Crippen LogP contribution in [0.1, 0.15) is 0 Å². The molecule has 40 nitrogen and oxygen atoms in total. The maximum Gasteiger partial charge on any atom is 4.00 e. The summed E-state index contributed by atoms with van der Waals surface area (Å²) >= 11 is 0. The molecule has 0 aliphatic heterocycles. The second-order valence-electron chi connectivity index (χ2n) is 6.02. The van der Waals surface area contributed by atoms with E-state index >= 15 is 0 Å². The fraction of sp³-hybridized carbons (Fsp3) is 0. The predicted molar refractivity (Wildman–Crippen MR) is 116 cm³/mol. The summed E-state index contributed by atoms with van der Waals surface area (Å²) in [4.78, 5) is 195. The van der Waals surface area contributed by atoms with Crippen LogP contribution in [0.3, 0.4) is 0 Å². The molecule has 0 unspecified atom stereocenters. The molecule has 0 saturated heterocycles. The molecule has 0 amide bonds. The van der Waals surface area contributed by atoms with Crippen molar-refractivity contribution in [3.8, 4) is 0 Å². The van der Waals surface area contributed by atoms with E-state index in [0.717, 1.165) is 0 Å². The van der Waals surface area contributed by atoms with E-state index in [1.54, 1.807) is 0 Å². The molecule has 0 aliphatic rings. The Morgan fingerprint density at radius 1 is 0.175 bits per heavy atom. The fourth-order valence-corrected chi connectivity index (χ4v) is 10.4. The average Bonchev–Trinajstić information content (AvgIpc) is 2.51. The molecule has 0 aromatic heterocycles. The van der Waals surface area contributed by atoms with Gasteiger partial charge >= 0.3 is 37.1 Å². The van der Waals surface area contributed by atoms with E-state index in [-0.39, 0.29) is 37.1 Å². The molecule has 0 rings (SSSR count). The third kappa shape index (κ3) is 72.4. The van der Waals surface area contributed by atoms with Crippen LogP contribution in [0.4, 0.5) is 0 Å². The van der Waals surface area contributed by atoms with E-state index in [9.17, 15) is 153 Å². The van der Waals surface area contributed by atoms with Gasteiger partial charge in [0.1, 0.15) is 0 Å². The van der Waals surface area contributed by atoms with E-state index in [2.05, 4.69) is 34.5 Å². The van der Waals surface area contributed by atoms with E-state index in [4.69, 9.17) is 0 Å². The summed E-state index contributed by atoms with van der Waals surface area (Å²) in [7, 11) is -71.6. The molecule has 0 heterocycles. The quantitative estimate of drug-likeness (QED) is 0.130. The smallest absolute Gasteiger partial charge is 0.790 e. The zero-order valence-corrected chi connectivity index (χ0v) is 34.9.